The number of urea groups is 1. The summed E-state index contributed by atoms with van der Waals surface area (Å²) in [7, 11) is 0. The smallest absolute Gasteiger partial charge is 0.337 e. The molecule has 0 saturated carbocycles. The van der Waals surface area contributed by atoms with Gasteiger partial charge in [-0.3, -0.25) is 9.36 Å². The molecule has 0 bridgehead atoms. The van der Waals surface area contributed by atoms with Gasteiger partial charge in [-0.15, -0.1) is 11.3 Å². The molecule has 138 valence electrons. The SMILES string of the molecule is CCOC(=O)C1=C(Cn2cnc3sc(CC)cc3c2=O)NC(=O)N[C@@H]1C. The van der Waals surface area contributed by atoms with Gasteiger partial charge in [0.2, 0.25) is 0 Å². The lowest BCUT2D eigenvalue weighted by molar-refractivity contribution is -0.139. The van der Waals surface area contributed by atoms with Gasteiger partial charge in [0.15, 0.2) is 0 Å². The molecule has 2 N–H and O–H groups in total. The van der Waals surface area contributed by atoms with Crippen molar-refractivity contribution in [3.05, 3.63) is 38.9 Å². The fraction of sp³-hybridized carbons (Fsp3) is 0.412. The maximum Gasteiger partial charge on any atom is 0.337 e. The van der Waals surface area contributed by atoms with E-state index in [4.69, 9.17) is 4.74 Å². The van der Waals surface area contributed by atoms with E-state index in [9.17, 15) is 14.4 Å². The van der Waals surface area contributed by atoms with Gasteiger partial charge in [0, 0.05) is 4.88 Å². The molecular formula is C17H20N4O4S. The van der Waals surface area contributed by atoms with Crippen LogP contribution in [0.1, 0.15) is 25.6 Å². The zero-order valence-electron chi connectivity index (χ0n) is 14.8. The number of thiophene rings is 1. The predicted octanol–water partition coefficient (Wildman–Crippen LogP) is 1.54. The lowest BCUT2D eigenvalue weighted by Crippen LogP contribution is -2.50. The highest BCUT2D eigenvalue weighted by atomic mass is 32.1. The molecule has 0 fully saturated rings. The Morgan fingerprint density at radius 3 is 2.85 bits per heavy atom. The van der Waals surface area contributed by atoms with E-state index in [1.54, 1.807) is 13.8 Å². The maximum atomic E-state index is 12.8. The monoisotopic (exact) mass is 376 g/mol. The van der Waals surface area contributed by atoms with E-state index in [-0.39, 0.29) is 18.7 Å². The number of carbonyl (C=O) groups excluding carboxylic acids is 2. The molecule has 0 saturated heterocycles. The third-order valence-corrected chi connectivity index (χ3v) is 5.30. The number of nitrogens with zero attached hydrogens (tertiary/aromatic N) is 2. The minimum atomic E-state index is -0.520. The molecule has 0 unspecified atom stereocenters. The average Bonchev–Trinajstić information content (AvgIpc) is 3.01. The summed E-state index contributed by atoms with van der Waals surface area (Å²) >= 11 is 1.49. The quantitative estimate of drug-likeness (QED) is 0.771. The second-order valence-electron chi connectivity index (χ2n) is 5.90. The number of fused-ring (bicyclic) bond motifs is 1. The summed E-state index contributed by atoms with van der Waals surface area (Å²) in [6.45, 7) is 5.68. The zero-order chi connectivity index (χ0) is 18.8. The molecule has 2 aromatic rings. The number of aryl methyl sites for hydroxylation is 1. The van der Waals surface area contributed by atoms with Crippen molar-refractivity contribution in [2.45, 2.75) is 39.8 Å². The van der Waals surface area contributed by atoms with Gasteiger partial charge in [-0.1, -0.05) is 6.92 Å². The van der Waals surface area contributed by atoms with E-state index in [0.717, 1.165) is 11.3 Å². The Morgan fingerprint density at radius 1 is 1.38 bits per heavy atom. The van der Waals surface area contributed by atoms with Crippen molar-refractivity contribution in [3.63, 3.8) is 0 Å². The van der Waals surface area contributed by atoms with Gasteiger partial charge in [0.1, 0.15) is 4.83 Å². The van der Waals surface area contributed by atoms with E-state index in [0.29, 0.717) is 21.5 Å². The maximum absolute atomic E-state index is 12.8. The molecule has 1 aliphatic rings. The van der Waals surface area contributed by atoms with Crippen molar-refractivity contribution in [2.75, 3.05) is 6.61 Å². The lowest BCUT2D eigenvalue weighted by atomic mass is 10.0. The van der Waals surface area contributed by atoms with Crippen LogP contribution in [0.4, 0.5) is 4.79 Å². The summed E-state index contributed by atoms with van der Waals surface area (Å²) in [4.78, 5) is 43.0. The van der Waals surface area contributed by atoms with Gasteiger partial charge in [-0.2, -0.15) is 0 Å². The first-order valence-electron chi connectivity index (χ1n) is 8.40. The molecule has 1 aliphatic heterocycles. The highest BCUT2D eigenvalue weighted by Gasteiger charge is 2.30. The van der Waals surface area contributed by atoms with Crippen LogP contribution in [0.5, 0.6) is 0 Å². The normalized spacial score (nSPS) is 17.2. The Morgan fingerprint density at radius 2 is 2.15 bits per heavy atom. The molecule has 0 radical (unpaired) electrons. The number of ether oxygens (including phenoxy) is 1. The molecule has 2 aromatic heterocycles. The molecule has 8 nitrogen and oxygen atoms in total. The third kappa shape index (κ3) is 3.34. The first kappa shape index (κ1) is 18.1. The van der Waals surface area contributed by atoms with E-state index >= 15 is 0 Å². The summed E-state index contributed by atoms with van der Waals surface area (Å²) in [5, 5.41) is 5.79. The van der Waals surface area contributed by atoms with Crippen LogP contribution < -0.4 is 16.2 Å². The van der Waals surface area contributed by atoms with E-state index in [1.807, 2.05) is 13.0 Å². The summed E-state index contributed by atoms with van der Waals surface area (Å²) in [5.41, 5.74) is 0.439. The Labute approximate surface area is 153 Å². The molecule has 0 aliphatic carbocycles. The van der Waals surface area contributed by atoms with Crippen LogP contribution in [0.3, 0.4) is 0 Å². The standard InChI is InChI=1S/C17H20N4O4S/c1-4-10-6-11-14(26-10)18-8-21(15(11)22)7-12-13(16(23)25-5-2)9(3)19-17(24)20-12/h6,8-9H,4-5,7H2,1-3H3,(H2,19,20,24)/t9-/m1/s1. The third-order valence-electron chi connectivity index (χ3n) is 4.11. The highest BCUT2D eigenvalue weighted by Crippen LogP contribution is 2.21. The van der Waals surface area contributed by atoms with Crippen molar-refractivity contribution in [1.29, 1.82) is 0 Å². The van der Waals surface area contributed by atoms with E-state index in [1.165, 1.54) is 22.2 Å². The Balaban J connectivity index is 2.04. The second-order valence-corrected chi connectivity index (χ2v) is 7.01. The van der Waals surface area contributed by atoms with Crippen LogP contribution in [-0.4, -0.2) is 34.2 Å². The molecule has 3 heterocycles. The second kappa shape index (κ2) is 7.28. The number of amides is 2. The number of hydrogen-bond donors (Lipinski definition) is 2. The molecule has 2 amide bonds. The average molecular weight is 376 g/mol. The zero-order valence-corrected chi connectivity index (χ0v) is 15.6. The number of carbonyl (C=O) groups is 2. The first-order valence-corrected chi connectivity index (χ1v) is 9.21. The fourth-order valence-electron chi connectivity index (χ4n) is 2.87. The summed E-state index contributed by atoms with van der Waals surface area (Å²) in [6.07, 6.45) is 2.27. The number of nitrogens with one attached hydrogen (secondary N) is 2. The van der Waals surface area contributed by atoms with Gasteiger partial charge >= 0.3 is 12.0 Å². The Kier molecular flexibility index (Phi) is 5.08. The van der Waals surface area contributed by atoms with Gasteiger partial charge in [0.25, 0.3) is 5.56 Å². The minimum Gasteiger partial charge on any atom is -0.463 e. The van der Waals surface area contributed by atoms with Gasteiger partial charge in [-0.05, 0) is 26.3 Å². The molecule has 26 heavy (non-hydrogen) atoms. The van der Waals surface area contributed by atoms with Crippen LogP contribution in [0, 0.1) is 0 Å². The van der Waals surface area contributed by atoms with Crippen molar-refractivity contribution in [1.82, 2.24) is 20.2 Å². The fourth-order valence-corrected chi connectivity index (χ4v) is 3.80. The number of hydrogen-bond acceptors (Lipinski definition) is 6. The van der Waals surface area contributed by atoms with Crippen LogP contribution >= 0.6 is 11.3 Å². The topological polar surface area (TPSA) is 102 Å². The van der Waals surface area contributed by atoms with Crippen LogP contribution in [-0.2, 0) is 22.5 Å². The molecule has 1 atom stereocenters. The summed E-state index contributed by atoms with van der Waals surface area (Å²) in [6, 6.07) is 0.903. The molecule has 0 aromatic carbocycles. The van der Waals surface area contributed by atoms with Crippen molar-refractivity contribution >= 4 is 33.6 Å². The summed E-state index contributed by atoms with van der Waals surface area (Å²) < 4.78 is 6.47. The predicted molar refractivity (Wildman–Crippen MR) is 98.0 cm³/mol. The molecule has 0 spiro atoms. The number of aromatic nitrogens is 2. The number of allylic oxidation sites excluding steroid dienone is 1. The Bertz CT molecular complexity index is 959. The van der Waals surface area contributed by atoms with Crippen molar-refractivity contribution in [2.24, 2.45) is 0 Å². The van der Waals surface area contributed by atoms with Crippen molar-refractivity contribution in [3.8, 4) is 0 Å². The van der Waals surface area contributed by atoms with Gasteiger partial charge in [0.05, 0.1) is 42.2 Å². The molecule has 3 rings (SSSR count). The summed E-state index contributed by atoms with van der Waals surface area (Å²) in [5.74, 6) is -0.520. The van der Waals surface area contributed by atoms with E-state index in [2.05, 4.69) is 15.6 Å². The molecule has 9 heteroatoms. The minimum absolute atomic E-state index is 0.0327. The van der Waals surface area contributed by atoms with Gasteiger partial charge in [-0.25, -0.2) is 14.6 Å². The molecular weight excluding hydrogens is 356 g/mol. The van der Waals surface area contributed by atoms with Crippen LogP contribution in [0.25, 0.3) is 10.2 Å². The lowest BCUT2D eigenvalue weighted by Gasteiger charge is -2.26. The Hall–Kier alpha value is -2.68. The van der Waals surface area contributed by atoms with Crippen molar-refractivity contribution < 1.29 is 14.3 Å². The largest absolute Gasteiger partial charge is 0.463 e. The number of rotatable bonds is 5. The highest BCUT2D eigenvalue weighted by molar-refractivity contribution is 7.18. The van der Waals surface area contributed by atoms with Crippen LogP contribution in [0.15, 0.2) is 28.5 Å². The number of esters is 1. The first-order chi connectivity index (χ1) is 12.4. The van der Waals surface area contributed by atoms with Crippen LogP contribution in [0.2, 0.25) is 0 Å². The van der Waals surface area contributed by atoms with E-state index < -0.39 is 18.0 Å². The van der Waals surface area contributed by atoms with Gasteiger partial charge < -0.3 is 15.4 Å².